The zero-order chi connectivity index (χ0) is 12.7. The molecule has 0 aromatic heterocycles. The molecule has 1 atom stereocenters. The molecule has 0 aliphatic heterocycles. The molecular weight excluding hydrogens is 218 g/mol. The van der Waals surface area contributed by atoms with Crippen LogP contribution in [0.5, 0.6) is 0 Å². The number of carbonyl (C=O) groups is 1. The lowest BCUT2D eigenvalue weighted by Gasteiger charge is -2.27. The quantitative estimate of drug-likeness (QED) is 0.521. The van der Waals surface area contributed by atoms with E-state index in [1.165, 1.54) is 26.4 Å². The highest BCUT2D eigenvalue weighted by molar-refractivity contribution is 5.80. The van der Waals surface area contributed by atoms with Gasteiger partial charge in [0.25, 0.3) is 0 Å². The van der Waals surface area contributed by atoms with Crippen LogP contribution >= 0.6 is 0 Å². The lowest BCUT2D eigenvalue weighted by Crippen LogP contribution is -2.49. The normalized spacial score (nSPS) is 19.5. The minimum Gasteiger partial charge on any atom is -0.468 e. The van der Waals surface area contributed by atoms with Gasteiger partial charge in [-0.3, -0.25) is 4.79 Å². The monoisotopic (exact) mass is 243 g/mol. The Balaban J connectivity index is 2.11. The zero-order valence-electron chi connectivity index (χ0n) is 11.3. The molecule has 0 amide bonds. The number of likely N-dealkylation sites (N-methyl/N-ethyl adjacent to an activating group) is 1. The van der Waals surface area contributed by atoms with E-state index < -0.39 is 5.54 Å². The molecule has 100 valence electrons. The fraction of sp³-hybridized carbons (Fsp3) is 0.923. The first-order chi connectivity index (χ1) is 8.12. The van der Waals surface area contributed by atoms with Gasteiger partial charge in [0.05, 0.1) is 7.11 Å². The van der Waals surface area contributed by atoms with Gasteiger partial charge >= 0.3 is 5.97 Å². The van der Waals surface area contributed by atoms with Crippen LogP contribution in [0.3, 0.4) is 0 Å². The predicted octanol–water partition coefficient (Wildman–Crippen LogP) is 1.73. The van der Waals surface area contributed by atoms with Crippen LogP contribution in [0, 0.1) is 5.92 Å². The zero-order valence-corrected chi connectivity index (χ0v) is 11.3. The Morgan fingerprint density at radius 2 is 2.12 bits per heavy atom. The smallest absolute Gasteiger partial charge is 0.325 e. The van der Waals surface area contributed by atoms with E-state index in [1.807, 2.05) is 6.92 Å². The largest absolute Gasteiger partial charge is 0.468 e. The molecule has 0 radical (unpaired) electrons. The number of rotatable bonds is 8. The predicted molar refractivity (Wildman–Crippen MR) is 66.9 cm³/mol. The fourth-order valence-corrected chi connectivity index (χ4v) is 1.96. The average Bonchev–Trinajstić information content (AvgIpc) is 2.29. The van der Waals surface area contributed by atoms with Gasteiger partial charge in [-0.15, -0.1) is 0 Å². The van der Waals surface area contributed by atoms with Crippen molar-refractivity contribution < 1.29 is 14.3 Å². The molecule has 0 bridgehead atoms. The van der Waals surface area contributed by atoms with Gasteiger partial charge in [-0.05, 0) is 32.7 Å². The maximum absolute atomic E-state index is 11.6. The van der Waals surface area contributed by atoms with Crippen LogP contribution in [0.15, 0.2) is 0 Å². The highest BCUT2D eigenvalue weighted by Crippen LogP contribution is 2.29. The molecular formula is C13H25NO3. The summed E-state index contributed by atoms with van der Waals surface area (Å²) < 4.78 is 10.4. The molecule has 1 saturated carbocycles. The van der Waals surface area contributed by atoms with Gasteiger partial charge in [-0.2, -0.15) is 0 Å². The maximum atomic E-state index is 11.6. The molecule has 0 aromatic rings. The van der Waals surface area contributed by atoms with E-state index in [4.69, 9.17) is 9.47 Å². The van der Waals surface area contributed by atoms with Crippen molar-refractivity contribution >= 4 is 5.97 Å². The second-order valence-electron chi connectivity index (χ2n) is 5.02. The number of hydrogen-bond acceptors (Lipinski definition) is 4. The molecule has 0 saturated heterocycles. The van der Waals surface area contributed by atoms with Crippen molar-refractivity contribution in [3.8, 4) is 0 Å². The third-order valence-electron chi connectivity index (χ3n) is 3.83. The van der Waals surface area contributed by atoms with Crippen molar-refractivity contribution in [2.75, 3.05) is 27.4 Å². The molecule has 1 unspecified atom stereocenters. The highest BCUT2D eigenvalue weighted by atomic mass is 16.5. The second-order valence-corrected chi connectivity index (χ2v) is 5.02. The first kappa shape index (κ1) is 14.5. The summed E-state index contributed by atoms with van der Waals surface area (Å²) in [6.45, 7) is 3.25. The number of esters is 1. The number of carbonyl (C=O) groups excluding carboxylic acids is 1. The lowest BCUT2D eigenvalue weighted by molar-refractivity contribution is -0.148. The van der Waals surface area contributed by atoms with E-state index in [0.717, 1.165) is 18.9 Å². The summed E-state index contributed by atoms with van der Waals surface area (Å²) in [6.07, 6.45) is 5.90. The Kier molecular flexibility index (Phi) is 5.92. The number of ether oxygens (including phenoxy) is 2. The van der Waals surface area contributed by atoms with Crippen LogP contribution in [0.2, 0.25) is 0 Å². The minimum absolute atomic E-state index is 0.234. The van der Waals surface area contributed by atoms with Gasteiger partial charge in [0.2, 0.25) is 0 Å². The van der Waals surface area contributed by atoms with E-state index in [9.17, 15) is 4.79 Å². The van der Waals surface area contributed by atoms with Crippen LogP contribution in [0.4, 0.5) is 0 Å². The molecule has 1 aliphatic carbocycles. The van der Waals surface area contributed by atoms with Crippen LogP contribution < -0.4 is 5.32 Å². The number of hydrogen-bond donors (Lipinski definition) is 1. The van der Waals surface area contributed by atoms with Crippen molar-refractivity contribution in [3.63, 3.8) is 0 Å². The van der Waals surface area contributed by atoms with E-state index in [-0.39, 0.29) is 5.97 Å². The van der Waals surface area contributed by atoms with Gasteiger partial charge in [-0.1, -0.05) is 19.3 Å². The van der Waals surface area contributed by atoms with E-state index in [0.29, 0.717) is 13.0 Å². The standard InChI is InChI=1S/C13H25NO3/c1-13(14-2,12(15)16-3)8-10-17-9-7-11-5-4-6-11/h11,14H,4-10H2,1-3H3. The van der Waals surface area contributed by atoms with Gasteiger partial charge in [0.1, 0.15) is 5.54 Å². The first-order valence-electron chi connectivity index (χ1n) is 6.47. The van der Waals surface area contributed by atoms with Gasteiger partial charge in [0, 0.05) is 13.2 Å². The minimum atomic E-state index is -0.634. The SMILES string of the molecule is CNC(C)(CCOCCC1CCC1)C(=O)OC. The Hall–Kier alpha value is -0.610. The lowest BCUT2D eigenvalue weighted by atomic mass is 9.83. The summed E-state index contributed by atoms with van der Waals surface area (Å²) in [6, 6.07) is 0. The van der Waals surface area contributed by atoms with Gasteiger partial charge < -0.3 is 14.8 Å². The summed E-state index contributed by atoms with van der Waals surface area (Å²) in [5.74, 6) is 0.647. The van der Waals surface area contributed by atoms with Crippen molar-refractivity contribution in [2.45, 2.75) is 44.6 Å². The molecule has 4 nitrogen and oxygen atoms in total. The molecule has 0 spiro atoms. The van der Waals surface area contributed by atoms with Gasteiger partial charge in [0.15, 0.2) is 0 Å². The molecule has 1 aliphatic rings. The summed E-state index contributed by atoms with van der Waals surface area (Å²) in [7, 11) is 3.18. The first-order valence-corrected chi connectivity index (χ1v) is 6.47. The topological polar surface area (TPSA) is 47.6 Å². The average molecular weight is 243 g/mol. The van der Waals surface area contributed by atoms with E-state index >= 15 is 0 Å². The summed E-state index contributed by atoms with van der Waals surface area (Å²) >= 11 is 0. The van der Waals surface area contributed by atoms with Crippen LogP contribution in [-0.4, -0.2) is 38.9 Å². The van der Waals surface area contributed by atoms with Crippen molar-refractivity contribution in [1.29, 1.82) is 0 Å². The van der Waals surface area contributed by atoms with Crippen LogP contribution in [-0.2, 0) is 14.3 Å². The highest BCUT2D eigenvalue weighted by Gasteiger charge is 2.32. The Morgan fingerprint density at radius 1 is 1.41 bits per heavy atom. The molecule has 1 fully saturated rings. The second kappa shape index (κ2) is 6.97. The van der Waals surface area contributed by atoms with E-state index in [2.05, 4.69) is 5.32 Å². The molecule has 4 heteroatoms. The number of methoxy groups -OCH3 is 1. The summed E-state index contributed by atoms with van der Waals surface area (Å²) in [5, 5.41) is 3.00. The third kappa shape index (κ3) is 4.28. The van der Waals surface area contributed by atoms with Crippen LogP contribution in [0.25, 0.3) is 0 Å². The maximum Gasteiger partial charge on any atom is 0.325 e. The molecule has 17 heavy (non-hydrogen) atoms. The summed E-state index contributed by atoms with van der Waals surface area (Å²) in [5.41, 5.74) is -0.634. The summed E-state index contributed by atoms with van der Waals surface area (Å²) in [4.78, 5) is 11.6. The Labute approximate surface area is 104 Å². The molecule has 0 heterocycles. The molecule has 1 N–H and O–H groups in total. The Morgan fingerprint density at radius 3 is 2.59 bits per heavy atom. The van der Waals surface area contributed by atoms with Gasteiger partial charge in [-0.25, -0.2) is 0 Å². The Bertz CT molecular complexity index is 241. The van der Waals surface area contributed by atoms with Crippen molar-refractivity contribution in [3.05, 3.63) is 0 Å². The van der Waals surface area contributed by atoms with E-state index in [1.54, 1.807) is 7.05 Å². The van der Waals surface area contributed by atoms with Crippen LogP contribution in [0.1, 0.15) is 39.0 Å². The molecule has 0 aromatic carbocycles. The van der Waals surface area contributed by atoms with Crippen molar-refractivity contribution in [1.82, 2.24) is 5.32 Å². The van der Waals surface area contributed by atoms with Crippen molar-refractivity contribution in [2.24, 2.45) is 5.92 Å². The molecule has 1 rings (SSSR count). The number of nitrogens with one attached hydrogen (secondary N) is 1. The fourth-order valence-electron chi connectivity index (χ4n) is 1.96. The third-order valence-corrected chi connectivity index (χ3v) is 3.83.